The Hall–Kier alpha value is -2.29. The average Bonchev–Trinajstić information content (AvgIpc) is 2.60. The van der Waals surface area contributed by atoms with Crippen LogP contribution in [0, 0.1) is 0 Å². The van der Waals surface area contributed by atoms with E-state index in [-0.39, 0.29) is 34.7 Å². The van der Waals surface area contributed by atoms with Gasteiger partial charge in [0.1, 0.15) is 5.75 Å². The van der Waals surface area contributed by atoms with E-state index in [1.165, 1.54) is 25.3 Å². The van der Waals surface area contributed by atoms with E-state index in [2.05, 4.69) is 5.32 Å². The summed E-state index contributed by atoms with van der Waals surface area (Å²) in [6.45, 7) is 0. The lowest BCUT2D eigenvalue weighted by Crippen LogP contribution is -2.31. The SMILES string of the molecule is COc1ccc(S(N)(=O)=O)cc1C(=O)NC1CCCc2cc(N)ccc21.Cl. The summed E-state index contributed by atoms with van der Waals surface area (Å²) in [5.41, 5.74) is 8.81. The minimum Gasteiger partial charge on any atom is -0.496 e. The van der Waals surface area contributed by atoms with Crippen LogP contribution in [0.25, 0.3) is 0 Å². The molecule has 0 radical (unpaired) electrons. The van der Waals surface area contributed by atoms with Gasteiger partial charge in [-0.05, 0) is 60.7 Å². The Morgan fingerprint density at radius 2 is 1.96 bits per heavy atom. The van der Waals surface area contributed by atoms with Crippen LogP contribution in [0.4, 0.5) is 5.69 Å². The van der Waals surface area contributed by atoms with Gasteiger partial charge in [0.25, 0.3) is 5.91 Å². The van der Waals surface area contributed by atoms with Gasteiger partial charge in [-0.25, -0.2) is 13.6 Å². The average molecular weight is 412 g/mol. The third-order valence-electron chi connectivity index (χ3n) is 4.53. The first-order valence-electron chi connectivity index (χ1n) is 8.19. The second kappa shape index (κ2) is 8.16. The van der Waals surface area contributed by atoms with Crippen LogP contribution in [0.3, 0.4) is 0 Å². The van der Waals surface area contributed by atoms with Crippen LogP contribution < -0.4 is 20.9 Å². The number of ether oxygens (including phenoxy) is 1. The lowest BCUT2D eigenvalue weighted by atomic mass is 9.87. The Balaban J connectivity index is 0.00000261. The molecule has 1 amide bonds. The first kappa shape index (κ1) is 21.0. The fourth-order valence-electron chi connectivity index (χ4n) is 3.26. The van der Waals surface area contributed by atoms with Gasteiger partial charge in [0, 0.05) is 5.69 Å². The molecular formula is C18H22ClN3O4S. The summed E-state index contributed by atoms with van der Waals surface area (Å²) in [5.74, 6) is -0.134. The first-order valence-corrected chi connectivity index (χ1v) is 9.74. The number of nitrogens with two attached hydrogens (primary N) is 2. The highest BCUT2D eigenvalue weighted by atomic mass is 35.5. The standard InChI is InChI=1S/C18H21N3O4S.ClH/c1-25-17-8-6-13(26(20,23)24)10-15(17)18(22)21-16-4-2-3-11-9-12(19)5-7-14(11)16;/h5-10,16H,2-4,19H2,1H3,(H,21,22)(H2,20,23,24);1H. The quantitative estimate of drug-likeness (QED) is 0.665. The smallest absolute Gasteiger partial charge is 0.255 e. The summed E-state index contributed by atoms with van der Waals surface area (Å²) in [7, 11) is -2.50. The van der Waals surface area contributed by atoms with E-state index < -0.39 is 15.9 Å². The second-order valence-electron chi connectivity index (χ2n) is 6.28. The molecular weight excluding hydrogens is 390 g/mol. The van der Waals surface area contributed by atoms with Gasteiger partial charge in [0.05, 0.1) is 23.6 Å². The predicted octanol–water partition coefficient (Wildman–Crippen LogP) is 2.15. The van der Waals surface area contributed by atoms with Gasteiger partial charge in [-0.15, -0.1) is 12.4 Å². The molecule has 1 aliphatic rings. The van der Waals surface area contributed by atoms with E-state index in [9.17, 15) is 13.2 Å². The van der Waals surface area contributed by atoms with Gasteiger partial charge in [0.2, 0.25) is 10.0 Å². The van der Waals surface area contributed by atoms with Gasteiger partial charge < -0.3 is 15.8 Å². The molecule has 1 atom stereocenters. The summed E-state index contributed by atoms with van der Waals surface area (Å²) in [6, 6.07) is 9.45. The van der Waals surface area contributed by atoms with Crippen LogP contribution in [0.5, 0.6) is 5.75 Å². The maximum atomic E-state index is 12.8. The zero-order chi connectivity index (χ0) is 18.9. The van der Waals surface area contributed by atoms with E-state index in [1.807, 2.05) is 18.2 Å². The number of methoxy groups -OCH3 is 1. The van der Waals surface area contributed by atoms with E-state index in [1.54, 1.807) is 0 Å². The molecule has 5 N–H and O–H groups in total. The number of nitrogen functional groups attached to an aromatic ring is 1. The number of carbonyl (C=O) groups is 1. The summed E-state index contributed by atoms with van der Waals surface area (Å²) in [4.78, 5) is 12.7. The second-order valence-corrected chi connectivity index (χ2v) is 7.85. The van der Waals surface area contributed by atoms with Crippen molar-refractivity contribution < 1.29 is 17.9 Å². The molecule has 0 fully saturated rings. The zero-order valence-electron chi connectivity index (χ0n) is 14.8. The van der Waals surface area contributed by atoms with Gasteiger partial charge in [-0.3, -0.25) is 4.79 Å². The molecule has 0 aliphatic heterocycles. The van der Waals surface area contributed by atoms with Gasteiger partial charge in [0.15, 0.2) is 0 Å². The number of nitrogens with one attached hydrogen (secondary N) is 1. The van der Waals surface area contributed by atoms with Crippen molar-refractivity contribution >= 4 is 34.0 Å². The van der Waals surface area contributed by atoms with Crippen molar-refractivity contribution in [2.45, 2.75) is 30.2 Å². The molecule has 27 heavy (non-hydrogen) atoms. The Morgan fingerprint density at radius 3 is 2.63 bits per heavy atom. The molecule has 3 rings (SSSR count). The van der Waals surface area contributed by atoms with Gasteiger partial charge in [-0.1, -0.05) is 6.07 Å². The molecule has 1 unspecified atom stereocenters. The molecule has 2 aromatic rings. The number of halogens is 1. The third-order valence-corrected chi connectivity index (χ3v) is 5.44. The minimum absolute atomic E-state index is 0. The Kier molecular flexibility index (Phi) is 6.35. The fourth-order valence-corrected chi connectivity index (χ4v) is 3.80. The number of hydrogen-bond acceptors (Lipinski definition) is 5. The molecule has 0 heterocycles. The number of primary sulfonamides is 1. The van der Waals surface area contributed by atoms with Crippen molar-refractivity contribution in [1.29, 1.82) is 0 Å². The number of benzene rings is 2. The summed E-state index contributed by atoms with van der Waals surface area (Å²) in [5, 5.41) is 8.14. The molecule has 0 saturated carbocycles. The van der Waals surface area contributed by atoms with Gasteiger partial charge in [-0.2, -0.15) is 0 Å². The molecule has 9 heteroatoms. The number of carbonyl (C=O) groups excluding carboxylic acids is 1. The molecule has 0 saturated heterocycles. The highest BCUT2D eigenvalue weighted by Crippen LogP contribution is 2.32. The molecule has 7 nitrogen and oxygen atoms in total. The van der Waals surface area contributed by atoms with Crippen molar-refractivity contribution in [2.75, 3.05) is 12.8 Å². The number of aryl methyl sites for hydroxylation is 1. The number of anilines is 1. The summed E-state index contributed by atoms with van der Waals surface area (Å²) in [6.07, 6.45) is 2.63. The maximum absolute atomic E-state index is 12.8. The lowest BCUT2D eigenvalue weighted by molar-refractivity contribution is 0.0929. The number of amides is 1. The van der Waals surface area contributed by atoms with Crippen LogP contribution >= 0.6 is 12.4 Å². The highest BCUT2D eigenvalue weighted by molar-refractivity contribution is 7.89. The van der Waals surface area contributed by atoms with Crippen LogP contribution in [-0.4, -0.2) is 21.4 Å². The van der Waals surface area contributed by atoms with E-state index in [0.29, 0.717) is 5.69 Å². The Labute approximate surface area is 164 Å². The molecule has 146 valence electrons. The van der Waals surface area contributed by atoms with Crippen molar-refractivity contribution in [2.24, 2.45) is 5.14 Å². The number of rotatable bonds is 4. The lowest BCUT2D eigenvalue weighted by Gasteiger charge is -2.27. The summed E-state index contributed by atoms with van der Waals surface area (Å²) < 4.78 is 28.4. The van der Waals surface area contributed by atoms with E-state index >= 15 is 0 Å². The maximum Gasteiger partial charge on any atom is 0.255 e. The van der Waals surface area contributed by atoms with Crippen molar-refractivity contribution in [1.82, 2.24) is 5.32 Å². The van der Waals surface area contributed by atoms with Crippen LogP contribution in [0.2, 0.25) is 0 Å². The fraction of sp³-hybridized carbons (Fsp3) is 0.278. The summed E-state index contributed by atoms with van der Waals surface area (Å²) >= 11 is 0. The highest BCUT2D eigenvalue weighted by Gasteiger charge is 2.24. The number of sulfonamides is 1. The van der Waals surface area contributed by atoms with E-state index in [4.69, 9.17) is 15.6 Å². The Bertz CT molecular complexity index is 963. The minimum atomic E-state index is -3.92. The van der Waals surface area contributed by atoms with Crippen LogP contribution in [-0.2, 0) is 16.4 Å². The molecule has 0 aromatic heterocycles. The molecule has 1 aliphatic carbocycles. The number of hydrogen-bond donors (Lipinski definition) is 3. The molecule has 0 spiro atoms. The Morgan fingerprint density at radius 1 is 1.22 bits per heavy atom. The topological polar surface area (TPSA) is 125 Å². The largest absolute Gasteiger partial charge is 0.496 e. The van der Waals surface area contributed by atoms with E-state index in [0.717, 1.165) is 30.4 Å². The monoisotopic (exact) mass is 411 g/mol. The van der Waals surface area contributed by atoms with Crippen LogP contribution in [0.15, 0.2) is 41.3 Å². The molecule has 2 aromatic carbocycles. The number of fused-ring (bicyclic) bond motifs is 1. The predicted molar refractivity (Wildman–Crippen MR) is 106 cm³/mol. The van der Waals surface area contributed by atoms with Crippen LogP contribution in [0.1, 0.15) is 40.4 Å². The van der Waals surface area contributed by atoms with Gasteiger partial charge >= 0.3 is 0 Å². The van der Waals surface area contributed by atoms with Crippen molar-refractivity contribution in [3.63, 3.8) is 0 Å². The van der Waals surface area contributed by atoms with Crippen molar-refractivity contribution in [3.05, 3.63) is 53.1 Å². The van der Waals surface area contributed by atoms with Crippen molar-refractivity contribution in [3.8, 4) is 5.75 Å². The molecule has 0 bridgehead atoms. The third kappa shape index (κ3) is 4.52. The zero-order valence-corrected chi connectivity index (χ0v) is 16.4. The first-order chi connectivity index (χ1) is 12.3. The normalized spacial score (nSPS) is 16.0.